The van der Waals surface area contributed by atoms with E-state index in [2.05, 4.69) is 20.4 Å². The Hall–Kier alpha value is -2.90. The number of nitrogens with zero attached hydrogens (tertiary/aromatic N) is 4. The van der Waals surface area contributed by atoms with Gasteiger partial charge < -0.3 is 5.32 Å². The predicted molar refractivity (Wildman–Crippen MR) is 111 cm³/mol. The molecular weight excluding hydrogens is 394 g/mol. The summed E-state index contributed by atoms with van der Waals surface area (Å²) in [5.41, 5.74) is 2.61. The molecule has 6 nitrogen and oxygen atoms in total. The third kappa shape index (κ3) is 4.16. The highest BCUT2D eigenvalue weighted by atomic mass is 35.5. The highest BCUT2D eigenvalue weighted by Crippen LogP contribution is 2.26. The van der Waals surface area contributed by atoms with Crippen molar-refractivity contribution in [1.82, 2.24) is 25.1 Å². The van der Waals surface area contributed by atoms with Gasteiger partial charge in [0.05, 0.1) is 23.0 Å². The maximum absolute atomic E-state index is 12.2. The maximum atomic E-state index is 12.2. The predicted octanol–water partition coefficient (Wildman–Crippen LogP) is 3.88. The lowest BCUT2D eigenvalue weighted by Crippen LogP contribution is -2.24. The molecule has 0 aliphatic rings. The van der Waals surface area contributed by atoms with Crippen LogP contribution < -0.4 is 5.32 Å². The first kappa shape index (κ1) is 18.5. The second-order valence-electron chi connectivity index (χ2n) is 6.00. The van der Waals surface area contributed by atoms with Gasteiger partial charge in [-0.05, 0) is 29.8 Å². The first-order chi connectivity index (χ1) is 13.7. The molecule has 4 aromatic rings. The summed E-state index contributed by atoms with van der Waals surface area (Å²) in [5.74, 6) is 0.219. The van der Waals surface area contributed by atoms with Gasteiger partial charge in [-0.25, -0.2) is 14.6 Å². The fraction of sp³-hybridized carbons (Fsp3) is 0.100. The number of amides is 1. The fourth-order valence-electron chi connectivity index (χ4n) is 2.69. The van der Waals surface area contributed by atoms with Crippen molar-refractivity contribution in [3.63, 3.8) is 0 Å². The van der Waals surface area contributed by atoms with Gasteiger partial charge in [0.2, 0.25) is 5.91 Å². The van der Waals surface area contributed by atoms with E-state index in [-0.39, 0.29) is 11.7 Å². The van der Waals surface area contributed by atoms with E-state index in [0.717, 1.165) is 21.7 Å². The molecular formula is C20H16ClN5OS. The van der Waals surface area contributed by atoms with Crippen LogP contribution in [0.3, 0.4) is 0 Å². The number of carbonyl (C=O) groups is 1. The molecule has 140 valence electrons. The van der Waals surface area contributed by atoms with Crippen molar-refractivity contribution < 1.29 is 4.79 Å². The van der Waals surface area contributed by atoms with Crippen molar-refractivity contribution in [2.75, 3.05) is 5.75 Å². The molecule has 4 rings (SSSR count). The average Bonchev–Trinajstić information content (AvgIpc) is 3.17. The minimum absolute atomic E-state index is 0.0503. The van der Waals surface area contributed by atoms with Gasteiger partial charge in [-0.15, -0.1) is 0 Å². The molecule has 28 heavy (non-hydrogen) atoms. The lowest BCUT2D eigenvalue weighted by molar-refractivity contribution is -0.118. The lowest BCUT2D eigenvalue weighted by atomic mass is 10.2. The maximum Gasteiger partial charge on any atom is 0.230 e. The molecule has 8 heteroatoms. The van der Waals surface area contributed by atoms with Gasteiger partial charge in [0, 0.05) is 11.6 Å². The third-order valence-electron chi connectivity index (χ3n) is 4.07. The number of aromatic nitrogens is 4. The molecule has 2 aromatic heterocycles. The Morgan fingerprint density at radius 2 is 1.86 bits per heavy atom. The summed E-state index contributed by atoms with van der Waals surface area (Å²) >= 11 is 7.32. The Labute approximate surface area is 171 Å². The van der Waals surface area contributed by atoms with Crippen LogP contribution >= 0.6 is 23.4 Å². The van der Waals surface area contributed by atoms with Crippen LogP contribution in [0, 0.1) is 0 Å². The molecule has 2 heterocycles. The minimum Gasteiger partial charge on any atom is -0.351 e. The molecule has 1 N–H and O–H groups in total. The molecule has 0 aliphatic heterocycles. The Balaban J connectivity index is 1.46. The van der Waals surface area contributed by atoms with Gasteiger partial charge in [0.1, 0.15) is 11.4 Å². The van der Waals surface area contributed by atoms with Crippen molar-refractivity contribution in [2.45, 2.75) is 11.6 Å². The molecule has 0 saturated carbocycles. The van der Waals surface area contributed by atoms with Crippen LogP contribution in [-0.4, -0.2) is 31.4 Å². The Morgan fingerprint density at radius 1 is 1.07 bits per heavy atom. The first-order valence-electron chi connectivity index (χ1n) is 8.59. The lowest BCUT2D eigenvalue weighted by Gasteiger charge is -2.06. The summed E-state index contributed by atoms with van der Waals surface area (Å²) in [7, 11) is 0. The van der Waals surface area contributed by atoms with E-state index >= 15 is 0 Å². The van der Waals surface area contributed by atoms with Gasteiger partial charge in [-0.1, -0.05) is 53.7 Å². The summed E-state index contributed by atoms with van der Waals surface area (Å²) < 4.78 is 1.73. The topological polar surface area (TPSA) is 72.7 Å². The first-order valence-corrected chi connectivity index (χ1v) is 9.95. The van der Waals surface area contributed by atoms with Gasteiger partial charge >= 0.3 is 0 Å². The standard InChI is InChI=1S/C20H16ClN5OS/c21-15-6-8-16(9-7-15)26-19-17(11-25-26)20(24-13-23-19)28-12-18(27)22-10-14-4-2-1-3-5-14/h1-9,11,13H,10,12H2,(H,22,27). The van der Waals surface area contributed by atoms with Crippen molar-refractivity contribution in [1.29, 1.82) is 0 Å². The van der Waals surface area contributed by atoms with Crippen molar-refractivity contribution in [3.8, 4) is 5.69 Å². The van der Waals surface area contributed by atoms with Gasteiger partial charge in [0.25, 0.3) is 0 Å². The summed E-state index contributed by atoms with van der Waals surface area (Å²) in [6, 6.07) is 17.2. The number of rotatable bonds is 6. The Kier molecular flexibility index (Phi) is 5.55. The molecule has 0 saturated heterocycles. The summed E-state index contributed by atoms with van der Waals surface area (Å²) in [6.07, 6.45) is 3.20. The largest absolute Gasteiger partial charge is 0.351 e. The van der Waals surface area contributed by atoms with Crippen molar-refractivity contribution >= 4 is 40.3 Å². The number of thioether (sulfide) groups is 1. The summed E-state index contributed by atoms with van der Waals surface area (Å²) in [5, 5.41) is 9.52. The van der Waals surface area contributed by atoms with E-state index in [1.54, 1.807) is 23.0 Å². The second-order valence-corrected chi connectivity index (χ2v) is 7.40. The molecule has 0 atom stereocenters. The number of benzene rings is 2. The molecule has 0 unspecified atom stereocenters. The van der Waals surface area contributed by atoms with E-state index in [1.165, 1.54) is 18.1 Å². The number of hydrogen-bond donors (Lipinski definition) is 1. The van der Waals surface area contributed by atoms with Gasteiger partial charge in [-0.3, -0.25) is 4.79 Å². The number of halogens is 1. The molecule has 0 radical (unpaired) electrons. The molecule has 2 aromatic carbocycles. The van der Waals surface area contributed by atoms with Crippen LogP contribution in [-0.2, 0) is 11.3 Å². The minimum atomic E-state index is -0.0503. The number of hydrogen-bond acceptors (Lipinski definition) is 5. The average molecular weight is 410 g/mol. The summed E-state index contributed by atoms with van der Waals surface area (Å²) in [4.78, 5) is 20.8. The SMILES string of the molecule is O=C(CSc1ncnc2c1cnn2-c1ccc(Cl)cc1)NCc1ccccc1. The van der Waals surface area contributed by atoms with E-state index in [1.807, 2.05) is 42.5 Å². The zero-order valence-corrected chi connectivity index (χ0v) is 16.3. The normalized spacial score (nSPS) is 10.9. The van der Waals surface area contributed by atoms with Crippen LogP contribution in [0.2, 0.25) is 5.02 Å². The molecule has 1 amide bonds. The Bertz CT molecular complexity index is 1100. The second kappa shape index (κ2) is 8.41. The van der Waals surface area contributed by atoms with Crippen molar-refractivity contribution in [3.05, 3.63) is 77.7 Å². The Morgan fingerprint density at radius 3 is 2.64 bits per heavy atom. The fourth-order valence-corrected chi connectivity index (χ4v) is 3.61. The zero-order chi connectivity index (χ0) is 19.3. The van der Waals surface area contributed by atoms with E-state index in [4.69, 9.17) is 11.6 Å². The van der Waals surface area contributed by atoms with Crippen LogP contribution in [0.15, 0.2) is 72.1 Å². The number of nitrogens with one attached hydrogen (secondary N) is 1. The zero-order valence-electron chi connectivity index (χ0n) is 14.7. The van der Waals surface area contributed by atoms with E-state index < -0.39 is 0 Å². The van der Waals surface area contributed by atoms with Crippen molar-refractivity contribution in [2.24, 2.45) is 0 Å². The number of fused-ring (bicyclic) bond motifs is 1. The van der Waals surface area contributed by atoms with Gasteiger partial charge in [-0.2, -0.15) is 5.10 Å². The molecule has 0 aliphatic carbocycles. The number of carbonyl (C=O) groups excluding carboxylic acids is 1. The van der Waals surface area contributed by atoms with Crippen LogP contribution in [0.5, 0.6) is 0 Å². The van der Waals surface area contributed by atoms with Crippen LogP contribution in [0.25, 0.3) is 16.7 Å². The molecule has 0 fully saturated rings. The highest BCUT2D eigenvalue weighted by Gasteiger charge is 2.13. The van der Waals surface area contributed by atoms with E-state index in [0.29, 0.717) is 17.2 Å². The molecule has 0 bridgehead atoms. The van der Waals surface area contributed by atoms with Crippen LogP contribution in [0.4, 0.5) is 0 Å². The quantitative estimate of drug-likeness (QED) is 0.386. The third-order valence-corrected chi connectivity index (χ3v) is 5.33. The van der Waals surface area contributed by atoms with E-state index in [9.17, 15) is 4.79 Å². The highest BCUT2D eigenvalue weighted by molar-refractivity contribution is 8.00. The smallest absolute Gasteiger partial charge is 0.230 e. The van der Waals surface area contributed by atoms with Gasteiger partial charge in [0.15, 0.2) is 5.65 Å². The summed E-state index contributed by atoms with van der Waals surface area (Å²) in [6.45, 7) is 0.508. The van der Waals surface area contributed by atoms with Crippen LogP contribution in [0.1, 0.15) is 5.56 Å². The monoisotopic (exact) mass is 409 g/mol. The molecule has 0 spiro atoms.